The lowest BCUT2D eigenvalue weighted by Crippen LogP contribution is -2.13. The number of aromatic nitrogens is 2. The predicted octanol–water partition coefficient (Wildman–Crippen LogP) is 6.31. The molecule has 1 aliphatic rings. The molecule has 0 spiro atoms. The van der Waals surface area contributed by atoms with E-state index in [1.54, 1.807) is 7.11 Å². The summed E-state index contributed by atoms with van der Waals surface area (Å²) in [6.07, 6.45) is 9.75. The van der Waals surface area contributed by atoms with Crippen molar-refractivity contribution < 1.29 is 4.74 Å². The van der Waals surface area contributed by atoms with Crippen LogP contribution in [0.5, 0.6) is 0 Å². The third-order valence-electron chi connectivity index (χ3n) is 4.44. The van der Waals surface area contributed by atoms with Gasteiger partial charge in [0, 0.05) is 24.9 Å². The Kier molecular flexibility index (Phi) is 14.0. The average Bonchev–Trinajstić information content (AvgIpc) is 3.40. The second kappa shape index (κ2) is 14.7. The van der Waals surface area contributed by atoms with Crippen LogP contribution in [0, 0.1) is 0 Å². The van der Waals surface area contributed by atoms with Gasteiger partial charge in [-0.15, -0.1) is 0 Å². The molecule has 0 amide bonds. The van der Waals surface area contributed by atoms with Crippen molar-refractivity contribution in [3.63, 3.8) is 0 Å². The Hall–Kier alpha value is -1.33. The lowest BCUT2D eigenvalue weighted by atomic mass is 10.0. The zero-order valence-corrected chi connectivity index (χ0v) is 19.6. The first kappa shape index (κ1) is 25.7. The fourth-order valence-corrected chi connectivity index (χ4v) is 3.35. The topological polar surface area (TPSA) is 53.1 Å². The van der Waals surface area contributed by atoms with Gasteiger partial charge in [0.25, 0.3) is 0 Å². The normalized spacial score (nSPS) is 15.2. The summed E-state index contributed by atoms with van der Waals surface area (Å²) in [7, 11) is 1.66. The van der Waals surface area contributed by atoms with E-state index in [1.165, 1.54) is 31.4 Å². The Morgan fingerprint density at radius 1 is 1.33 bits per heavy atom. The molecule has 0 radical (unpaired) electrons. The zero-order valence-electron chi connectivity index (χ0n) is 18.0. The van der Waals surface area contributed by atoms with Gasteiger partial charge in [-0.2, -0.15) is 5.10 Å². The molecule has 1 aliphatic carbocycles. The van der Waals surface area contributed by atoms with Crippen LogP contribution < -0.4 is 5.73 Å². The number of ether oxygens (including phenoxy) is 1. The molecule has 154 valence electrons. The maximum atomic E-state index is 5.82. The third kappa shape index (κ3) is 8.06. The Balaban J connectivity index is 0.00000158. The maximum absolute atomic E-state index is 5.82. The van der Waals surface area contributed by atoms with E-state index in [2.05, 4.69) is 44.4 Å². The average molecular weight is 440 g/mol. The smallest absolute Gasteiger partial charge is 0.107 e. The first-order valence-electron chi connectivity index (χ1n) is 10.1. The highest BCUT2D eigenvalue weighted by Crippen LogP contribution is 2.31. The Morgan fingerprint density at radius 3 is 2.44 bits per heavy atom. The third-order valence-corrected chi connectivity index (χ3v) is 5.23. The fourth-order valence-electron chi connectivity index (χ4n) is 2.92. The molecule has 1 aromatic heterocycles. The summed E-state index contributed by atoms with van der Waals surface area (Å²) in [6.45, 7) is 14.5. The number of hydrogen-bond donors (Lipinski definition) is 1. The number of methoxy groups -OCH3 is 1. The van der Waals surface area contributed by atoms with E-state index in [9.17, 15) is 0 Å². The number of nitrogens with zero attached hydrogens (tertiary/aromatic N) is 2. The van der Waals surface area contributed by atoms with Crippen LogP contribution in [0.2, 0.25) is 0 Å². The quantitative estimate of drug-likeness (QED) is 0.399. The van der Waals surface area contributed by atoms with Gasteiger partial charge in [-0.3, -0.25) is 4.68 Å². The maximum Gasteiger partial charge on any atom is 0.107 e. The minimum atomic E-state index is 0.440. The fraction of sp³-hybridized carbons (Fsp3) is 0.591. The van der Waals surface area contributed by atoms with E-state index < -0.39 is 0 Å². The number of rotatable bonds is 7. The molecule has 0 aromatic carbocycles. The molecule has 1 saturated carbocycles. The van der Waals surface area contributed by atoms with Gasteiger partial charge in [0.05, 0.1) is 17.6 Å². The lowest BCUT2D eigenvalue weighted by Gasteiger charge is -2.16. The molecule has 0 saturated heterocycles. The molecule has 2 rings (SSSR count). The van der Waals surface area contributed by atoms with Crippen LogP contribution in [0.15, 0.2) is 46.3 Å². The number of nitrogens with two attached hydrogens (primary N) is 1. The minimum Gasteiger partial charge on any atom is -0.500 e. The van der Waals surface area contributed by atoms with Gasteiger partial charge in [-0.1, -0.05) is 47.1 Å². The highest BCUT2D eigenvalue weighted by Gasteiger charge is 2.20. The van der Waals surface area contributed by atoms with Crippen LogP contribution in [0.1, 0.15) is 72.0 Å². The molecule has 1 heterocycles. The van der Waals surface area contributed by atoms with Crippen LogP contribution in [0.25, 0.3) is 0 Å². The molecule has 2 N–H and O–H groups in total. The van der Waals surface area contributed by atoms with Gasteiger partial charge in [-0.25, -0.2) is 0 Å². The van der Waals surface area contributed by atoms with Gasteiger partial charge >= 0.3 is 0 Å². The molecule has 0 atom stereocenters. The predicted molar refractivity (Wildman–Crippen MR) is 121 cm³/mol. The van der Waals surface area contributed by atoms with Crippen LogP contribution in [0.3, 0.4) is 0 Å². The van der Waals surface area contributed by atoms with E-state index in [-0.39, 0.29) is 0 Å². The van der Waals surface area contributed by atoms with Crippen molar-refractivity contribution in [1.82, 2.24) is 9.78 Å². The highest BCUT2D eigenvalue weighted by atomic mass is 79.9. The second-order valence-corrected chi connectivity index (χ2v) is 6.82. The standard InChI is InChI=1S/C18H26BrN3O.2C2H6/c1-13(12-20)15(11-18(19)14(2)23-3)10-17-8-9-21-22(17)16-6-4-5-7-16;2*1-2/h8-9,11,16H,1,4-7,10,12,20H2,2-3H3;2*1-2H3/b15-11-,18-14-;;. The van der Waals surface area contributed by atoms with Crippen molar-refractivity contribution in [3.8, 4) is 0 Å². The van der Waals surface area contributed by atoms with Crippen molar-refractivity contribution in [1.29, 1.82) is 0 Å². The van der Waals surface area contributed by atoms with Crippen molar-refractivity contribution in [3.05, 3.63) is 52.0 Å². The minimum absolute atomic E-state index is 0.440. The zero-order chi connectivity index (χ0) is 20.8. The Bertz CT molecular complexity index is 611. The number of allylic oxidation sites excluding steroid dienone is 3. The van der Waals surface area contributed by atoms with E-state index >= 15 is 0 Å². The molecule has 0 unspecified atom stereocenters. The lowest BCUT2D eigenvalue weighted by molar-refractivity contribution is 0.293. The molecule has 0 bridgehead atoms. The van der Waals surface area contributed by atoms with Gasteiger partial charge in [0.2, 0.25) is 0 Å². The summed E-state index contributed by atoms with van der Waals surface area (Å²) in [6, 6.07) is 2.63. The van der Waals surface area contributed by atoms with Gasteiger partial charge in [0.1, 0.15) is 5.76 Å². The molecule has 27 heavy (non-hydrogen) atoms. The summed E-state index contributed by atoms with van der Waals surface area (Å²) >= 11 is 3.56. The summed E-state index contributed by atoms with van der Waals surface area (Å²) in [5.41, 5.74) is 9.08. The summed E-state index contributed by atoms with van der Waals surface area (Å²) in [5, 5.41) is 4.55. The first-order chi connectivity index (χ1) is 13.1. The largest absolute Gasteiger partial charge is 0.500 e. The van der Waals surface area contributed by atoms with Crippen LogP contribution >= 0.6 is 15.9 Å². The Morgan fingerprint density at radius 2 is 1.93 bits per heavy atom. The van der Waals surface area contributed by atoms with Crippen LogP contribution in [-0.4, -0.2) is 23.4 Å². The molecular weight excluding hydrogens is 402 g/mol. The SMILES string of the molecule is C=C(CN)/C(=C\C(Br)=C(/C)OC)Cc1ccnn1C1CCCC1.CC.CC. The first-order valence-corrected chi connectivity index (χ1v) is 10.9. The molecule has 0 aliphatic heterocycles. The molecule has 1 aromatic rings. The number of halogens is 1. The van der Waals surface area contributed by atoms with Crippen molar-refractivity contribution in [2.45, 2.75) is 72.8 Å². The van der Waals surface area contributed by atoms with Crippen LogP contribution in [-0.2, 0) is 11.2 Å². The summed E-state index contributed by atoms with van der Waals surface area (Å²) in [4.78, 5) is 0. The molecular formula is C22H38BrN3O. The van der Waals surface area contributed by atoms with Crippen molar-refractivity contribution in [2.75, 3.05) is 13.7 Å². The number of hydrogen-bond acceptors (Lipinski definition) is 3. The second-order valence-electron chi connectivity index (χ2n) is 5.97. The molecule has 5 heteroatoms. The molecule has 4 nitrogen and oxygen atoms in total. The van der Waals surface area contributed by atoms with E-state index in [0.717, 1.165) is 27.8 Å². The summed E-state index contributed by atoms with van der Waals surface area (Å²) < 4.78 is 8.38. The van der Waals surface area contributed by atoms with Crippen molar-refractivity contribution >= 4 is 15.9 Å². The van der Waals surface area contributed by atoms with E-state index in [4.69, 9.17) is 10.5 Å². The van der Waals surface area contributed by atoms with Gasteiger partial charge in [0.15, 0.2) is 0 Å². The van der Waals surface area contributed by atoms with E-state index in [1.807, 2.05) is 40.8 Å². The summed E-state index contributed by atoms with van der Waals surface area (Å²) in [5.74, 6) is 0.830. The van der Waals surface area contributed by atoms with E-state index in [0.29, 0.717) is 12.6 Å². The Labute approximate surface area is 174 Å². The van der Waals surface area contributed by atoms with Gasteiger partial charge < -0.3 is 10.5 Å². The van der Waals surface area contributed by atoms with Crippen molar-refractivity contribution in [2.24, 2.45) is 5.73 Å². The monoisotopic (exact) mass is 439 g/mol. The highest BCUT2D eigenvalue weighted by molar-refractivity contribution is 9.11. The van der Waals surface area contributed by atoms with Gasteiger partial charge in [-0.05, 0) is 59.0 Å². The van der Waals surface area contributed by atoms with Crippen LogP contribution in [0.4, 0.5) is 0 Å². The molecule has 1 fully saturated rings.